The van der Waals surface area contributed by atoms with Gasteiger partial charge >= 0.3 is 0 Å². The van der Waals surface area contributed by atoms with Crippen molar-refractivity contribution < 1.29 is 8.42 Å². The van der Waals surface area contributed by atoms with E-state index in [4.69, 9.17) is 4.99 Å². The van der Waals surface area contributed by atoms with Gasteiger partial charge in [-0.05, 0) is 31.9 Å². The number of anilines is 1. The van der Waals surface area contributed by atoms with Crippen molar-refractivity contribution in [3.05, 3.63) is 24.0 Å². The predicted molar refractivity (Wildman–Crippen MR) is 122 cm³/mol. The normalized spacial score (nSPS) is 24.1. The molecule has 3 aliphatic rings. The van der Waals surface area contributed by atoms with E-state index in [0.29, 0.717) is 28.1 Å². The smallest absolute Gasteiger partial charge is 0.250 e. The summed E-state index contributed by atoms with van der Waals surface area (Å²) in [6, 6.07) is 1.93. The fourth-order valence-electron chi connectivity index (χ4n) is 3.68. The van der Waals surface area contributed by atoms with E-state index in [-0.39, 0.29) is 12.1 Å². The number of aryl methyl sites for hydroxylation is 1. The number of aliphatic imine (C=N–C) groups is 2. The summed E-state index contributed by atoms with van der Waals surface area (Å²) in [4.78, 5) is 11.3. The molecule has 3 aliphatic heterocycles. The Bertz CT molecular complexity index is 1040. The van der Waals surface area contributed by atoms with Crippen molar-refractivity contribution >= 4 is 44.2 Å². The van der Waals surface area contributed by atoms with Crippen LogP contribution in [0, 0.1) is 12.8 Å². The van der Waals surface area contributed by atoms with Crippen molar-refractivity contribution in [2.45, 2.75) is 43.5 Å². The molecule has 4 heterocycles. The van der Waals surface area contributed by atoms with E-state index in [1.54, 1.807) is 13.1 Å². The van der Waals surface area contributed by atoms with Gasteiger partial charge in [0.1, 0.15) is 4.21 Å². The molecule has 4 rings (SSSR count). The van der Waals surface area contributed by atoms with Gasteiger partial charge in [-0.15, -0.1) is 11.3 Å². The highest BCUT2D eigenvalue weighted by Crippen LogP contribution is 2.32. The monoisotopic (exact) mass is 449 g/mol. The van der Waals surface area contributed by atoms with Crippen molar-refractivity contribution in [1.82, 2.24) is 14.6 Å². The Morgan fingerprint density at radius 1 is 1.40 bits per heavy atom. The van der Waals surface area contributed by atoms with E-state index in [0.717, 1.165) is 23.8 Å². The van der Waals surface area contributed by atoms with E-state index >= 15 is 0 Å². The zero-order valence-electron chi connectivity index (χ0n) is 17.5. The zero-order chi connectivity index (χ0) is 21.5. The van der Waals surface area contributed by atoms with Crippen molar-refractivity contribution in [2.75, 3.05) is 25.5 Å². The number of hydrazone groups is 1. The Morgan fingerprint density at radius 3 is 2.90 bits per heavy atom. The van der Waals surface area contributed by atoms with Gasteiger partial charge in [0.05, 0.1) is 17.6 Å². The Morgan fingerprint density at radius 2 is 2.20 bits per heavy atom. The first-order chi connectivity index (χ1) is 14.3. The van der Waals surface area contributed by atoms with Crippen LogP contribution in [-0.2, 0) is 10.0 Å². The summed E-state index contributed by atoms with van der Waals surface area (Å²) in [7, 11) is -1.58. The first kappa shape index (κ1) is 21.0. The number of fused-ring (bicyclic) bond motifs is 1. The molecule has 30 heavy (non-hydrogen) atoms. The molecule has 0 bridgehead atoms. The Labute approximate surface area is 181 Å². The van der Waals surface area contributed by atoms with Crippen LogP contribution in [0.4, 0.5) is 5.00 Å². The largest absolute Gasteiger partial charge is 0.329 e. The lowest BCUT2D eigenvalue weighted by molar-refractivity contribution is 0.299. The maximum atomic E-state index is 12.7. The molecular formula is C19H27N7O2S2. The van der Waals surface area contributed by atoms with Crippen LogP contribution in [-0.4, -0.2) is 68.4 Å². The molecule has 0 saturated heterocycles. The summed E-state index contributed by atoms with van der Waals surface area (Å²) >= 11 is 1.21. The summed E-state index contributed by atoms with van der Waals surface area (Å²) in [6.45, 7) is 7.16. The number of hydrogen-bond acceptors (Lipinski definition) is 9. The van der Waals surface area contributed by atoms with Crippen LogP contribution in [0.5, 0.6) is 0 Å². The molecule has 11 heteroatoms. The quantitative estimate of drug-likeness (QED) is 0.692. The summed E-state index contributed by atoms with van der Waals surface area (Å²) in [5.74, 6) is 1.70. The van der Waals surface area contributed by atoms with Gasteiger partial charge in [-0.3, -0.25) is 10.0 Å². The van der Waals surface area contributed by atoms with Gasteiger partial charge in [-0.1, -0.05) is 6.92 Å². The summed E-state index contributed by atoms with van der Waals surface area (Å²) < 4.78 is 28.5. The third-order valence-electron chi connectivity index (χ3n) is 5.42. The molecule has 0 amide bonds. The molecular weight excluding hydrogens is 422 g/mol. The second-order valence-electron chi connectivity index (χ2n) is 7.82. The average Bonchev–Trinajstić information content (AvgIpc) is 3.40. The van der Waals surface area contributed by atoms with Crippen LogP contribution >= 0.6 is 11.3 Å². The second-order valence-corrected chi connectivity index (χ2v) is 10.8. The topological polar surface area (TPSA) is 102 Å². The number of amidine groups is 2. The van der Waals surface area contributed by atoms with Gasteiger partial charge in [0.2, 0.25) is 0 Å². The number of sulfonamides is 1. The SMILES string of the molecule is CCC(C)NS(=O)(=O)c1sc(NC2=NC=CN3C2=NCC3C2C=NN(C)C2)cc1C. The molecule has 0 aliphatic carbocycles. The maximum Gasteiger partial charge on any atom is 0.250 e. The van der Waals surface area contributed by atoms with Gasteiger partial charge in [-0.2, -0.15) is 5.10 Å². The fourth-order valence-corrected chi connectivity index (χ4v) is 6.63. The van der Waals surface area contributed by atoms with Crippen LogP contribution in [0.3, 0.4) is 0 Å². The van der Waals surface area contributed by atoms with E-state index < -0.39 is 10.0 Å². The Kier molecular flexibility index (Phi) is 5.69. The lowest BCUT2D eigenvalue weighted by atomic mass is 10.0. The molecule has 3 atom stereocenters. The fraction of sp³-hybridized carbons (Fsp3) is 0.526. The number of hydrogen-bond donors (Lipinski definition) is 2. The average molecular weight is 450 g/mol. The van der Waals surface area contributed by atoms with Crippen LogP contribution < -0.4 is 10.0 Å². The summed E-state index contributed by atoms with van der Waals surface area (Å²) in [5.41, 5.74) is 0.707. The van der Waals surface area contributed by atoms with E-state index in [9.17, 15) is 8.42 Å². The van der Waals surface area contributed by atoms with Crippen molar-refractivity contribution in [2.24, 2.45) is 21.0 Å². The molecule has 3 unspecified atom stereocenters. The molecule has 0 spiro atoms. The minimum Gasteiger partial charge on any atom is -0.329 e. The molecule has 0 aromatic carbocycles. The molecule has 0 radical (unpaired) electrons. The van der Waals surface area contributed by atoms with Crippen LogP contribution in [0.2, 0.25) is 0 Å². The number of rotatable bonds is 6. The number of nitrogens with one attached hydrogen (secondary N) is 2. The molecule has 0 fully saturated rings. The minimum absolute atomic E-state index is 0.114. The van der Waals surface area contributed by atoms with Gasteiger partial charge in [0.15, 0.2) is 11.7 Å². The Balaban J connectivity index is 1.50. The van der Waals surface area contributed by atoms with E-state index in [1.165, 1.54) is 11.3 Å². The standard InChI is InChI=1S/C19H27N7O2S2/c1-5-13(3)24-30(27,28)19-12(2)8-16(29-19)23-17-18-21-10-15(26(18)7-6-20-17)14-9-22-25(4)11-14/h6-9,13-15,24H,5,10-11H2,1-4H3,(H,20,23). The summed E-state index contributed by atoms with van der Waals surface area (Å²) in [6.07, 6.45) is 6.41. The van der Waals surface area contributed by atoms with Crippen molar-refractivity contribution in [3.8, 4) is 0 Å². The van der Waals surface area contributed by atoms with Crippen LogP contribution in [0.1, 0.15) is 25.8 Å². The molecule has 1 aromatic rings. The predicted octanol–water partition coefficient (Wildman–Crippen LogP) is 2.06. The molecule has 0 saturated carbocycles. The zero-order valence-corrected chi connectivity index (χ0v) is 19.2. The van der Waals surface area contributed by atoms with Crippen LogP contribution in [0.25, 0.3) is 0 Å². The number of nitrogens with zero attached hydrogens (tertiary/aromatic N) is 5. The molecule has 162 valence electrons. The third-order valence-corrected chi connectivity index (χ3v) is 8.80. The van der Waals surface area contributed by atoms with Crippen LogP contribution in [0.15, 0.2) is 37.8 Å². The molecule has 9 nitrogen and oxygen atoms in total. The first-order valence-electron chi connectivity index (χ1n) is 10.0. The maximum absolute atomic E-state index is 12.7. The van der Waals surface area contributed by atoms with Gasteiger partial charge in [-0.25, -0.2) is 18.1 Å². The highest BCUT2D eigenvalue weighted by Gasteiger charge is 2.37. The van der Waals surface area contributed by atoms with Gasteiger partial charge < -0.3 is 10.2 Å². The summed E-state index contributed by atoms with van der Waals surface area (Å²) in [5, 5.41) is 10.3. The lowest BCUT2D eigenvalue weighted by Crippen LogP contribution is -2.44. The van der Waals surface area contributed by atoms with Crippen molar-refractivity contribution in [3.63, 3.8) is 0 Å². The second kappa shape index (κ2) is 8.12. The molecule has 2 N–H and O–H groups in total. The van der Waals surface area contributed by atoms with Crippen molar-refractivity contribution in [1.29, 1.82) is 0 Å². The van der Waals surface area contributed by atoms with Gasteiger partial charge in [0, 0.05) is 44.2 Å². The third kappa shape index (κ3) is 4.01. The minimum atomic E-state index is -3.55. The molecule has 1 aromatic heterocycles. The Hall–Kier alpha value is -2.24. The first-order valence-corrected chi connectivity index (χ1v) is 12.3. The van der Waals surface area contributed by atoms with E-state index in [1.807, 2.05) is 44.4 Å². The lowest BCUT2D eigenvalue weighted by Gasteiger charge is -2.29. The number of thiophene rings is 1. The van der Waals surface area contributed by atoms with E-state index in [2.05, 4.69) is 25.0 Å². The highest BCUT2D eigenvalue weighted by molar-refractivity contribution is 7.91. The highest BCUT2D eigenvalue weighted by atomic mass is 32.2. The van der Waals surface area contributed by atoms with Gasteiger partial charge in [0.25, 0.3) is 10.0 Å².